The number of esters is 2. The Morgan fingerprint density at radius 2 is 1.43 bits per heavy atom. The summed E-state index contributed by atoms with van der Waals surface area (Å²) in [5.74, 6) is -1.86. The van der Waals surface area contributed by atoms with E-state index >= 15 is 0 Å². The monoisotopic (exact) mass is 569 g/mol. The van der Waals surface area contributed by atoms with Gasteiger partial charge in [0.2, 0.25) is 0 Å². The van der Waals surface area contributed by atoms with Gasteiger partial charge in [0.1, 0.15) is 24.1 Å². The van der Waals surface area contributed by atoms with Crippen molar-refractivity contribution in [3.63, 3.8) is 0 Å². The molecule has 2 heterocycles. The number of hydrogen-bond donors (Lipinski definition) is 2. The normalized spacial score (nSPS) is 21.3. The summed E-state index contributed by atoms with van der Waals surface area (Å²) in [7, 11) is 0. The first-order chi connectivity index (χ1) is 20.2. The average molecular weight is 570 g/mol. The van der Waals surface area contributed by atoms with E-state index < -0.39 is 47.6 Å². The lowest BCUT2D eigenvalue weighted by molar-refractivity contribution is -0.101. The van der Waals surface area contributed by atoms with Gasteiger partial charge < -0.3 is 24.6 Å². The molecule has 42 heavy (non-hydrogen) atoms. The van der Waals surface area contributed by atoms with Crippen LogP contribution in [0.3, 0.4) is 0 Å². The number of nitrogens with zero attached hydrogens (tertiary/aromatic N) is 2. The fraction of sp³-hybridized carbons (Fsp3) is 0.194. The zero-order chi connectivity index (χ0) is 29.7. The lowest BCUT2D eigenvalue weighted by Crippen LogP contribution is -2.48. The Hall–Kier alpha value is -5.13. The summed E-state index contributed by atoms with van der Waals surface area (Å²) < 4.78 is 18.1. The molecule has 0 bridgehead atoms. The second-order valence-electron chi connectivity index (χ2n) is 9.73. The molecule has 1 aliphatic rings. The molecule has 0 aliphatic carbocycles. The van der Waals surface area contributed by atoms with Gasteiger partial charge >= 0.3 is 17.6 Å². The van der Waals surface area contributed by atoms with Crippen molar-refractivity contribution in [2.24, 2.45) is 0 Å². The van der Waals surface area contributed by atoms with E-state index in [-0.39, 0.29) is 18.0 Å². The van der Waals surface area contributed by atoms with Crippen molar-refractivity contribution in [3.05, 3.63) is 130 Å². The topological polar surface area (TPSA) is 146 Å². The highest BCUT2D eigenvalue weighted by molar-refractivity contribution is 6.03. The van der Waals surface area contributed by atoms with E-state index in [4.69, 9.17) is 14.2 Å². The van der Waals surface area contributed by atoms with Gasteiger partial charge in [-0.2, -0.15) is 4.98 Å². The first-order valence-corrected chi connectivity index (χ1v) is 13.1. The molecule has 11 heteroatoms. The third-order valence-corrected chi connectivity index (χ3v) is 6.71. The van der Waals surface area contributed by atoms with Crippen LogP contribution in [0.1, 0.15) is 44.2 Å². The second kappa shape index (κ2) is 12.2. The second-order valence-corrected chi connectivity index (χ2v) is 9.73. The number of benzene rings is 3. The minimum Gasteiger partial charge on any atom is -0.459 e. The fourth-order valence-corrected chi connectivity index (χ4v) is 4.57. The van der Waals surface area contributed by atoms with E-state index in [2.05, 4.69) is 10.3 Å². The highest BCUT2D eigenvalue weighted by atomic mass is 16.6. The molecular formula is C31H27N3O8. The molecule has 4 aromatic rings. The summed E-state index contributed by atoms with van der Waals surface area (Å²) in [5, 5.41) is 14.2. The van der Waals surface area contributed by atoms with Crippen LogP contribution in [0.2, 0.25) is 0 Å². The molecule has 0 radical (unpaired) electrons. The molecule has 0 spiro atoms. The fourth-order valence-electron chi connectivity index (χ4n) is 4.57. The largest absolute Gasteiger partial charge is 0.459 e. The molecule has 11 nitrogen and oxygen atoms in total. The molecule has 5 rings (SSSR count). The van der Waals surface area contributed by atoms with Gasteiger partial charge in [0.25, 0.3) is 5.91 Å². The molecule has 2 N–H and O–H groups in total. The van der Waals surface area contributed by atoms with Gasteiger partial charge in [-0.25, -0.2) is 14.4 Å². The smallest absolute Gasteiger partial charge is 0.351 e. The number of amides is 1. The summed E-state index contributed by atoms with van der Waals surface area (Å²) in [6.07, 6.45) is -2.58. The molecule has 1 fully saturated rings. The summed E-state index contributed by atoms with van der Waals surface area (Å²) in [6.45, 7) is 0.956. The molecule has 0 saturated carbocycles. The van der Waals surface area contributed by atoms with Crippen LogP contribution in [0.15, 0.2) is 108 Å². The van der Waals surface area contributed by atoms with Crippen molar-refractivity contribution in [1.29, 1.82) is 0 Å². The summed E-state index contributed by atoms with van der Waals surface area (Å²) in [4.78, 5) is 55.0. The standard InChI is InChI=1S/C31H27N3O8/c1-31(39)25(42-28(37)22-15-9-4-10-16-22)23(19-40-27(36)21-13-7-3-8-14-21)41-29(31)34-18-17-24(33-30(34)38)32-26(35)20-11-5-2-6-12-20/h2-18,23,25,29,39H,19H2,1H3,(H,32,33,35,38)/t23?,25?,29?,31-/m0/s1. The quantitative estimate of drug-likeness (QED) is 0.305. The molecule has 1 amide bonds. The number of carbonyl (C=O) groups excluding carboxylic acids is 3. The van der Waals surface area contributed by atoms with Crippen LogP contribution < -0.4 is 11.0 Å². The highest BCUT2D eigenvalue weighted by Crippen LogP contribution is 2.40. The zero-order valence-electron chi connectivity index (χ0n) is 22.5. The molecule has 1 aromatic heterocycles. The molecular weight excluding hydrogens is 542 g/mol. The van der Waals surface area contributed by atoms with E-state index in [0.717, 1.165) is 4.57 Å². The first-order valence-electron chi connectivity index (χ1n) is 13.1. The molecule has 1 aliphatic heterocycles. The minimum absolute atomic E-state index is 0.0110. The maximum atomic E-state index is 13.1. The summed E-state index contributed by atoms with van der Waals surface area (Å²) in [6, 6.07) is 26.2. The lowest BCUT2D eigenvalue weighted by atomic mass is 9.96. The number of carbonyl (C=O) groups is 3. The number of aromatic nitrogens is 2. The summed E-state index contributed by atoms with van der Waals surface area (Å²) >= 11 is 0. The zero-order valence-corrected chi connectivity index (χ0v) is 22.5. The van der Waals surface area contributed by atoms with Crippen LogP contribution in [0, 0.1) is 0 Å². The Morgan fingerprint density at radius 3 is 2.00 bits per heavy atom. The maximum absolute atomic E-state index is 13.1. The Labute approximate surface area is 240 Å². The van der Waals surface area contributed by atoms with Gasteiger partial charge in [-0.3, -0.25) is 9.36 Å². The third kappa shape index (κ3) is 6.12. The number of nitrogens with one attached hydrogen (secondary N) is 1. The van der Waals surface area contributed by atoms with Crippen LogP contribution in [-0.4, -0.2) is 56.9 Å². The van der Waals surface area contributed by atoms with E-state index in [1.165, 1.54) is 19.2 Å². The van der Waals surface area contributed by atoms with Gasteiger partial charge in [-0.15, -0.1) is 0 Å². The number of anilines is 1. The SMILES string of the molecule is C[C@]1(O)C(OC(=O)c2ccccc2)C(COC(=O)c2ccccc2)OC1n1ccc(NC(=O)c2ccccc2)nc1=O. The Morgan fingerprint density at radius 1 is 0.881 bits per heavy atom. The number of rotatable bonds is 8. The van der Waals surface area contributed by atoms with Crippen molar-refractivity contribution < 1.29 is 33.7 Å². The average Bonchev–Trinajstić information content (AvgIpc) is 3.25. The number of aliphatic hydroxyl groups is 1. The van der Waals surface area contributed by atoms with E-state index in [9.17, 15) is 24.3 Å². The molecule has 3 unspecified atom stereocenters. The highest BCUT2D eigenvalue weighted by Gasteiger charge is 2.57. The predicted octanol–water partition coefficient (Wildman–Crippen LogP) is 3.23. The third-order valence-electron chi connectivity index (χ3n) is 6.71. The van der Waals surface area contributed by atoms with E-state index in [1.54, 1.807) is 91.0 Å². The first kappa shape index (κ1) is 28.4. The Balaban J connectivity index is 1.39. The van der Waals surface area contributed by atoms with Crippen LogP contribution >= 0.6 is 0 Å². The minimum atomic E-state index is -1.96. The van der Waals surface area contributed by atoms with Gasteiger partial charge in [0.15, 0.2) is 12.3 Å². The van der Waals surface area contributed by atoms with E-state index in [1.807, 2.05) is 0 Å². The molecule has 4 atom stereocenters. The van der Waals surface area contributed by atoms with Crippen LogP contribution in [0.25, 0.3) is 0 Å². The van der Waals surface area contributed by atoms with Gasteiger partial charge in [-0.1, -0.05) is 54.6 Å². The van der Waals surface area contributed by atoms with Gasteiger partial charge in [-0.05, 0) is 49.4 Å². The van der Waals surface area contributed by atoms with Crippen LogP contribution in [0.5, 0.6) is 0 Å². The lowest BCUT2D eigenvalue weighted by Gasteiger charge is -2.30. The van der Waals surface area contributed by atoms with Crippen molar-refractivity contribution in [3.8, 4) is 0 Å². The van der Waals surface area contributed by atoms with Crippen molar-refractivity contribution in [2.45, 2.75) is 31.0 Å². The van der Waals surface area contributed by atoms with Gasteiger partial charge in [0, 0.05) is 11.8 Å². The summed E-state index contributed by atoms with van der Waals surface area (Å²) in [5.41, 5.74) is -1.91. The maximum Gasteiger partial charge on any atom is 0.351 e. The Kier molecular flexibility index (Phi) is 8.23. The van der Waals surface area contributed by atoms with Gasteiger partial charge in [0.05, 0.1) is 11.1 Å². The molecule has 214 valence electrons. The Bertz CT molecular complexity index is 1620. The van der Waals surface area contributed by atoms with E-state index in [0.29, 0.717) is 11.1 Å². The van der Waals surface area contributed by atoms with Crippen molar-refractivity contribution >= 4 is 23.7 Å². The van der Waals surface area contributed by atoms with Crippen molar-refractivity contribution in [1.82, 2.24) is 9.55 Å². The molecule has 1 saturated heterocycles. The number of ether oxygens (including phenoxy) is 3. The predicted molar refractivity (Wildman–Crippen MR) is 150 cm³/mol. The molecule has 3 aromatic carbocycles. The number of hydrogen-bond acceptors (Lipinski definition) is 9. The van der Waals surface area contributed by atoms with Crippen LogP contribution in [0.4, 0.5) is 5.82 Å². The van der Waals surface area contributed by atoms with Crippen LogP contribution in [-0.2, 0) is 14.2 Å². The van der Waals surface area contributed by atoms with Crippen molar-refractivity contribution in [2.75, 3.05) is 11.9 Å².